The van der Waals surface area contributed by atoms with Crippen molar-refractivity contribution in [3.8, 4) is 11.5 Å². The summed E-state index contributed by atoms with van der Waals surface area (Å²) in [5.41, 5.74) is 1.63. The van der Waals surface area contributed by atoms with Gasteiger partial charge >= 0.3 is 5.97 Å². The van der Waals surface area contributed by atoms with Crippen LogP contribution in [0.4, 0.5) is 5.69 Å². The van der Waals surface area contributed by atoms with Gasteiger partial charge in [0, 0.05) is 28.3 Å². The number of hydrogen-bond acceptors (Lipinski definition) is 7. The van der Waals surface area contributed by atoms with Gasteiger partial charge in [0.15, 0.2) is 17.2 Å². The Morgan fingerprint density at radius 2 is 1.91 bits per heavy atom. The van der Waals surface area contributed by atoms with E-state index in [0.717, 1.165) is 5.56 Å². The van der Waals surface area contributed by atoms with Crippen molar-refractivity contribution in [1.29, 1.82) is 0 Å². The highest BCUT2D eigenvalue weighted by Gasteiger charge is 2.26. The minimum Gasteiger partial charge on any atom is -0.493 e. The van der Waals surface area contributed by atoms with E-state index in [1.807, 2.05) is 12.1 Å². The standard InChI is InChI=1S/C24H17ClN2O6/c1-31-21-10-4-6-16(22(21)32-14-15-5-2-8-18(25)11-15)13-20-24(28)33-23(26-20)17-7-3-9-19(12-17)27(29)30/h2-13H,14H2,1H3/b20-13-. The van der Waals surface area contributed by atoms with Crippen molar-refractivity contribution in [2.24, 2.45) is 4.99 Å². The Morgan fingerprint density at radius 3 is 2.67 bits per heavy atom. The minimum atomic E-state index is -0.680. The summed E-state index contributed by atoms with van der Waals surface area (Å²) in [7, 11) is 1.51. The molecule has 9 heteroatoms. The molecular formula is C24H17ClN2O6. The highest BCUT2D eigenvalue weighted by molar-refractivity contribution is 6.30. The fourth-order valence-electron chi connectivity index (χ4n) is 3.18. The number of non-ortho nitro benzene ring substituents is 1. The molecule has 4 rings (SSSR count). The highest BCUT2D eigenvalue weighted by Crippen LogP contribution is 2.34. The monoisotopic (exact) mass is 464 g/mol. The number of rotatable bonds is 7. The van der Waals surface area contributed by atoms with Gasteiger partial charge in [-0.1, -0.05) is 41.9 Å². The molecule has 0 bridgehead atoms. The molecule has 166 valence electrons. The second-order valence-corrected chi connectivity index (χ2v) is 7.38. The summed E-state index contributed by atoms with van der Waals surface area (Å²) in [4.78, 5) is 27.2. The van der Waals surface area contributed by atoms with Crippen LogP contribution in [0.15, 0.2) is 77.4 Å². The Labute approximate surface area is 193 Å². The molecule has 0 N–H and O–H groups in total. The molecule has 3 aromatic rings. The smallest absolute Gasteiger partial charge is 0.363 e. The second kappa shape index (κ2) is 9.54. The van der Waals surface area contributed by atoms with Gasteiger partial charge in [-0.3, -0.25) is 10.1 Å². The number of para-hydroxylation sites is 1. The summed E-state index contributed by atoms with van der Waals surface area (Å²) >= 11 is 6.04. The highest BCUT2D eigenvalue weighted by atomic mass is 35.5. The van der Waals surface area contributed by atoms with Gasteiger partial charge in [-0.15, -0.1) is 0 Å². The lowest BCUT2D eigenvalue weighted by Crippen LogP contribution is -2.05. The minimum absolute atomic E-state index is 0.0146. The molecule has 33 heavy (non-hydrogen) atoms. The number of nitro groups is 1. The summed E-state index contributed by atoms with van der Waals surface area (Å²) < 4.78 is 16.7. The average Bonchev–Trinajstić information content (AvgIpc) is 3.18. The number of esters is 1. The van der Waals surface area contributed by atoms with Gasteiger partial charge in [-0.05, 0) is 35.9 Å². The number of nitro benzene ring substituents is 1. The largest absolute Gasteiger partial charge is 0.493 e. The van der Waals surface area contributed by atoms with E-state index >= 15 is 0 Å². The SMILES string of the molecule is COc1cccc(/C=C2\N=C(c3cccc([N+](=O)[O-])c3)OC2=O)c1OCc1cccc(Cl)c1. The van der Waals surface area contributed by atoms with Crippen molar-refractivity contribution < 1.29 is 23.9 Å². The fourth-order valence-corrected chi connectivity index (χ4v) is 3.39. The second-order valence-electron chi connectivity index (χ2n) is 6.94. The number of carbonyl (C=O) groups excluding carboxylic acids is 1. The van der Waals surface area contributed by atoms with Crippen molar-refractivity contribution in [2.75, 3.05) is 7.11 Å². The maximum absolute atomic E-state index is 12.4. The zero-order valence-electron chi connectivity index (χ0n) is 17.4. The van der Waals surface area contributed by atoms with E-state index < -0.39 is 10.9 Å². The first-order valence-electron chi connectivity index (χ1n) is 9.76. The van der Waals surface area contributed by atoms with Gasteiger partial charge in [0.25, 0.3) is 5.69 Å². The molecule has 8 nitrogen and oxygen atoms in total. The quantitative estimate of drug-likeness (QED) is 0.207. The van der Waals surface area contributed by atoms with E-state index in [1.54, 1.807) is 36.4 Å². The first-order chi connectivity index (χ1) is 15.9. The van der Waals surface area contributed by atoms with Crippen LogP contribution in [0.1, 0.15) is 16.7 Å². The normalized spacial score (nSPS) is 14.1. The third-order valence-electron chi connectivity index (χ3n) is 4.72. The summed E-state index contributed by atoms with van der Waals surface area (Å²) in [5, 5.41) is 11.6. The van der Waals surface area contributed by atoms with Crippen LogP contribution in [0.5, 0.6) is 11.5 Å². The first-order valence-corrected chi connectivity index (χ1v) is 10.1. The lowest BCUT2D eigenvalue weighted by atomic mass is 10.1. The van der Waals surface area contributed by atoms with Crippen LogP contribution in [0.3, 0.4) is 0 Å². The topological polar surface area (TPSA) is 100 Å². The molecule has 0 aromatic heterocycles. The lowest BCUT2D eigenvalue weighted by Gasteiger charge is -2.13. The van der Waals surface area contributed by atoms with Crippen LogP contribution >= 0.6 is 11.6 Å². The molecule has 0 amide bonds. The molecule has 0 unspecified atom stereocenters. The Hall–Kier alpha value is -4.17. The third-order valence-corrected chi connectivity index (χ3v) is 4.95. The Kier molecular flexibility index (Phi) is 6.37. The molecule has 0 fully saturated rings. The van der Waals surface area contributed by atoms with Crippen molar-refractivity contribution in [1.82, 2.24) is 0 Å². The van der Waals surface area contributed by atoms with Crippen LogP contribution in [-0.2, 0) is 16.1 Å². The summed E-state index contributed by atoms with van der Waals surface area (Å²) in [6, 6.07) is 18.2. The van der Waals surface area contributed by atoms with E-state index in [-0.39, 0.29) is 23.9 Å². The van der Waals surface area contributed by atoms with E-state index in [9.17, 15) is 14.9 Å². The van der Waals surface area contributed by atoms with Crippen LogP contribution < -0.4 is 9.47 Å². The van der Waals surface area contributed by atoms with Crippen molar-refractivity contribution in [3.05, 3.63) is 104 Å². The molecule has 3 aromatic carbocycles. The first kappa shape index (κ1) is 22.0. The molecule has 0 saturated heterocycles. The fraction of sp³-hybridized carbons (Fsp3) is 0.0833. The predicted octanol–water partition coefficient (Wildman–Crippen LogP) is 5.18. The molecule has 1 aliphatic rings. The van der Waals surface area contributed by atoms with E-state index in [2.05, 4.69) is 4.99 Å². The number of nitrogens with zero attached hydrogens (tertiary/aromatic N) is 2. The molecule has 0 aliphatic carbocycles. The van der Waals surface area contributed by atoms with E-state index in [1.165, 1.54) is 31.4 Å². The van der Waals surface area contributed by atoms with Crippen LogP contribution in [0, 0.1) is 10.1 Å². The van der Waals surface area contributed by atoms with Crippen LogP contribution in [0.25, 0.3) is 6.08 Å². The molecule has 0 spiro atoms. The molecular weight excluding hydrogens is 448 g/mol. The number of methoxy groups -OCH3 is 1. The number of aliphatic imine (C=N–C) groups is 1. The average molecular weight is 465 g/mol. The maximum Gasteiger partial charge on any atom is 0.363 e. The maximum atomic E-state index is 12.4. The summed E-state index contributed by atoms with van der Waals surface area (Å²) in [5.74, 6) is 0.194. The summed E-state index contributed by atoms with van der Waals surface area (Å²) in [6.45, 7) is 0.226. The summed E-state index contributed by atoms with van der Waals surface area (Å²) in [6.07, 6.45) is 1.52. The molecule has 1 aliphatic heterocycles. The number of carbonyl (C=O) groups is 1. The van der Waals surface area contributed by atoms with Crippen LogP contribution in [0.2, 0.25) is 5.02 Å². The molecule has 0 radical (unpaired) electrons. The van der Waals surface area contributed by atoms with E-state index in [0.29, 0.717) is 27.6 Å². The molecule has 1 heterocycles. The van der Waals surface area contributed by atoms with Gasteiger partial charge in [-0.25, -0.2) is 9.79 Å². The third kappa shape index (κ3) is 5.02. The van der Waals surface area contributed by atoms with Crippen LogP contribution in [-0.4, -0.2) is 23.9 Å². The Balaban J connectivity index is 1.66. The number of ether oxygens (including phenoxy) is 3. The number of hydrogen-bond donors (Lipinski definition) is 0. The number of cyclic esters (lactones) is 1. The Bertz CT molecular complexity index is 1300. The van der Waals surface area contributed by atoms with Gasteiger partial charge in [0.1, 0.15) is 6.61 Å². The van der Waals surface area contributed by atoms with E-state index in [4.69, 9.17) is 25.8 Å². The zero-order valence-corrected chi connectivity index (χ0v) is 18.1. The van der Waals surface area contributed by atoms with Gasteiger partial charge in [0.2, 0.25) is 5.90 Å². The molecule has 0 atom stereocenters. The van der Waals surface area contributed by atoms with Crippen molar-refractivity contribution >= 4 is 35.2 Å². The van der Waals surface area contributed by atoms with Crippen molar-refractivity contribution in [2.45, 2.75) is 6.61 Å². The molecule has 0 saturated carbocycles. The van der Waals surface area contributed by atoms with Gasteiger partial charge in [0.05, 0.1) is 12.0 Å². The van der Waals surface area contributed by atoms with Gasteiger partial charge in [-0.2, -0.15) is 0 Å². The number of benzene rings is 3. The lowest BCUT2D eigenvalue weighted by molar-refractivity contribution is -0.384. The Morgan fingerprint density at radius 1 is 1.12 bits per heavy atom. The number of halogens is 1. The predicted molar refractivity (Wildman–Crippen MR) is 122 cm³/mol. The zero-order chi connectivity index (χ0) is 23.4. The van der Waals surface area contributed by atoms with Gasteiger partial charge < -0.3 is 14.2 Å². The van der Waals surface area contributed by atoms with Crippen molar-refractivity contribution in [3.63, 3.8) is 0 Å².